The molecule has 1 aromatic rings. The number of piperazine rings is 1. The first kappa shape index (κ1) is 15.6. The highest BCUT2D eigenvalue weighted by Crippen LogP contribution is 2.24. The monoisotopic (exact) mass is 321 g/mol. The number of halogens is 1. The number of nitrogens with one attached hydrogen (secondary N) is 1. The number of carbonyl (C=O) groups is 1. The molecule has 2 fully saturated rings. The van der Waals surface area contributed by atoms with Crippen molar-refractivity contribution in [3.63, 3.8) is 0 Å². The van der Waals surface area contributed by atoms with Crippen molar-refractivity contribution in [1.29, 1.82) is 0 Å². The van der Waals surface area contributed by atoms with E-state index in [4.69, 9.17) is 11.6 Å². The lowest BCUT2D eigenvalue weighted by atomic mass is 9.94. The summed E-state index contributed by atoms with van der Waals surface area (Å²) in [6.07, 6.45) is 6.75. The minimum Gasteiger partial charge on any atom is -0.322 e. The van der Waals surface area contributed by atoms with Crippen molar-refractivity contribution >= 4 is 23.3 Å². The second kappa shape index (κ2) is 7.34. The molecule has 0 atom stereocenters. The molecule has 120 valence electrons. The van der Waals surface area contributed by atoms with Crippen LogP contribution in [0.25, 0.3) is 0 Å². The van der Waals surface area contributed by atoms with Crippen molar-refractivity contribution in [3.8, 4) is 0 Å². The zero-order valence-electron chi connectivity index (χ0n) is 12.9. The maximum Gasteiger partial charge on any atom is 0.321 e. The van der Waals surface area contributed by atoms with Gasteiger partial charge in [-0.3, -0.25) is 4.90 Å². The smallest absolute Gasteiger partial charge is 0.321 e. The molecular weight excluding hydrogens is 298 g/mol. The fourth-order valence-electron chi connectivity index (χ4n) is 3.49. The van der Waals surface area contributed by atoms with Crippen molar-refractivity contribution in [3.05, 3.63) is 29.3 Å². The third kappa shape index (κ3) is 3.73. The van der Waals surface area contributed by atoms with Crippen LogP contribution in [0.5, 0.6) is 0 Å². The van der Waals surface area contributed by atoms with E-state index in [2.05, 4.69) is 10.2 Å². The quantitative estimate of drug-likeness (QED) is 0.898. The van der Waals surface area contributed by atoms with E-state index in [1.54, 1.807) is 6.07 Å². The summed E-state index contributed by atoms with van der Waals surface area (Å²) in [7, 11) is 0. The third-order valence-electron chi connectivity index (χ3n) is 4.81. The highest BCUT2D eigenvalue weighted by atomic mass is 35.5. The van der Waals surface area contributed by atoms with E-state index in [1.807, 2.05) is 23.1 Å². The minimum atomic E-state index is -0.0450. The van der Waals surface area contributed by atoms with Gasteiger partial charge in [0.15, 0.2) is 0 Å². The topological polar surface area (TPSA) is 35.6 Å². The average Bonchev–Trinajstić information content (AvgIpc) is 2.58. The molecule has 0 radical (unpaired) electrons. The molecule has 1 saturated carbocycles. The van der Waals surface area contributed by atoms with Crippen LogP contribution in [0.4, 0.5) is 10.5 Å². The molecule has 3 rings (SSSR count). The van der Waals surface area contributed by atoms with Gasteiger partial charge in [-0.05, 0) is 25.0 Å². The molecule has 2 aliphatic rings. The summed E-state index contributed by atoms with van der Waals surface area (Å²) in [6.45, 7) is 3.57. The van der Waals surface area contributed by atoms with Gasteiger partial charge in [-0.25, -0.2) is 4.79 Å². The summed E-state index contributed by atoms with van der Waals surface area (Å²) in [5.74, 6) is 0. The van der Waals surface area contributed by atoms with E-state index in [-0.39, 0.29) is 6.03 Å². The van der Waals surface area contributed by atoms with E-state index in [9.17, 15) is 4.79 Å². The van der Waals surface area contributed by atoms with E-state index in [0.717, 1.165) is 32.2 Å². The van der Waals surface area contributed by atoms with Crippen LogP contribution < -0.4 is 5.32 Å². The molecule has 1 N–H and O–H groups in total. The number of hydrogen-bond donors (Lipinski definition) is 1. The van der Waals surface area contributed by atoms with Crippen LogP contribution in [0.15, 0.2) is 24.3 Å². The number of para-hydroxylation sites is 1. The normalized spacial score (nSPS) is 20.9. The summed E-state index contributed by atoms with van der Waals surface area (Å²) in [4.78, 5) is 16.8. The molecule has 1 heterocycles. The highest BCUT2D eigenvalue weighted by molar-refractivity contribution is 6.33. The Hall–Kier alpha value is -1.26. The molecule has 22 heavy (non-hydrogen) atoms. The first-order chi connectivity index (χ1) is 10.7. The standard InChI is InChI=1S/C17H24ClN3O/c18-15-8-4-5-9-16(15)19-17(22)21-12-10-20(11-13-21)14-6-2-1-3-7-14/h4-5,8-9,14H,1-3,6-7,10-13H2,(H,19,22). The first-order valence-electron chi connectivity index (χ1n) is 8.28. The molecule has 2 amide bonds. The third-order valence-corrected chi connectivity index (χ3v) is 5.14. The van der Waals surface area contributed by atoms with E-state index in [1.165, 1.54) is 32.1 Å². The van der Waals surface area contributed by atoms with Crippen molar-refractivity contribution in [2.45, 2.75) is 38.1 Å². The largest absolute Gasteiger partial charge is 0.322 e. The van der Waals surface area contributed by atoms with Crippen LogP contribution in [0.1, 0.15) is 32.1 Å². The molecule has 0 aromatic heterocycles. The Balaban J connectivity index is 1.50. The van der Waals surface area contributed by atoms with Gasteiger partial charge in [0.05, 0.1) is 10.7 Å². The Kier molecular flexibility index (Phi) is 5.21. The number of amides is 2. The molecule has 1 aliphatic heterocycles. The van der Waals surface area contributed by atoms with Crippen molar-refractivity contribution in [1.82, 2.24) is 9.80 Å². The summed E-state index contributed by atoms with van der Waals surface area (Å²) in [6, 6.07) is 8.05. The first-order valence-corrected chi connectivity index (χ1v) is 8.66. The Morgan fingerprint density at radius 2 is 1.73 bits per heavy atom. The number of hydrogen-bond acceptors (Lipinski definition) is 2. The summed E-state index contributed by atoms with van der Waals surface area (Å²) >= 11 is 6.09. The fourth-order valence-corrected chi connectivity index (χ4v) is 3.68. The molecule has 0 spiro atoms. The number of urea groups is 1. The zero-order valence-corrected chi connectivity index (χ0v) is 13.7. The van der Waals surface area contributed by atoms with Gasteiger partial charge in [0.2, 0.25) is 0 Å². The summed E-state index contributed by atoms with van der Waals surface area (Å²) < 4.78 is 0. The van der Waals surface area contributed by atoms with Crippen LogP contribution in [0.3, 0.4) is 0 Å². The van der Waals surface area contributed by atoms with Crippen molar-refractivity contribution < 1.29 is 4.79 Å². The average molecular weight is 322 g/mol. The van der Waals surface area contributed by atoms with Crippen molar-refractivity contribution in [2.75, 3.05) is 31.5 Å². The highest BCUT2D eigenvalue weighted by Gasteiger charge is 2.27. The lowest BCUT2D eigenvalue weighted by Gasteiger charge is -2.40. The van der Waals surface area contributed by atoms with Crippen LogP contribution in [-0.2, 0) is 0 Å². The molecular formula is C17H24ClN3O. The van der Waals surface area contributed by atoms with Crippen LogP contribution in [0.2, 0.25) is 5.02 Å². The molecule has 0 unspecified atom stereocenters. The zero-order chi connectivity index (χ0) is 15.4. The number of carbonyl (C=O) groups excluding carboxylic acids is 1. The van der Waals surface area contributed by atoms with Gasteiger partial charge in [-0.1, -0.05) is 43.0 Å². The Bertz CT molecular complexity index is 508. The molecule has 1 saturated heterocycles. The molecule has 1 aromatic carbocycles. The van der Waals surface area contributed by atoms with Gasteiger partial charge in [-0.2, -0.15) is 0 Å². The lowest BCUT2D eigenvalue weighted by molar-refractivity contribution is 0.0943. The molecule has 1 aliphatic carbocycles. The van der Waals surface area contributed by atoms with Crippen LogP contribution >= 0.6 is 11.6 Å². The number of benzene rings is 1. The van der Waals surface area contributed by atoms with Gasteiger partial charge < -0.3 is 10.2 Å². The Morgan fingerprint density at radius 3 is 2.41 bits per heavy atom. The number of anilines is 1. The second-order valence-corrected chi connectivity index (χ2v) is 6.63. The van der Waals surface area contributed by atoms with Crippen LogP contribution in [-0.4, -0.2) is 48.1 Å². The summed E-state index contributed by atoms with van der Waals surface area (Å²) in [5, 5.41) is 3.49. The fraction of sp³-hybridized carbons (Fsp3) is 0.588. The van der Waals surface area contributed by atoms with Crippen molar-refractivity contribution in [2.24, 2.45) is 0 Å². The van der Waals surface area contributed by atoms with E-state index < -0.39 is 0 Å². The second-order valence-electron chi connectivity index (χ2n) is 6.22. The van der Waals surface area contributed by atoms with Crippen LogP contribution in [0, 0.1) is 0 Å². The van der Waals surface area contributed by atoms with E-state index in [0.29, 0.717) is 10.7 Å². The van der Waals surface area contributed by atoms with Gasteiger partial charge in [-0.15, -0.1) is 0 Å². The SMILES string of the molecule is O=C(Nc1ccccc1Cl)N1CCN(C2CCCCC2)CC1. The minimum absolute atomic E-state index is 0.0450. The maximum absolute atomic E-state index is 12.3. The maximum atomic E-state index is 12.3. The molecule has 5 heteroatoms. The van der Waals surface area contributed by atoms with Gasteiger partial charge in [0.1, 0.15) is 0 Å². The summed E-state index contributed by atoms with van der Waals surface area (Å²) in [5.41, 5.74) is 0.684. The lowest BCUT2D eigenvalue weighted by Crippen LogP contribution is -2.53. The van der Waals surface area contributed by atoms with E-state index >= 15 is 0 Å². The predicted molar refractivity (Wildman–Crippen MR) is 90.5 cm³/mol. The molecule has 0 bridgehead atoms. The Morgan fingerprint density at radius 1 is 1.05 bits per heavy atom. The van der Waals surface area contributed by atoms with Gasteiger partial charge in [0, 0.05) is 32.2 Å². The predicted octanol–water partition coefficient (Wildman–Crippen LogP) is 3.82. The van der Waals surface area contributed by atoms with Gasteiger partial charge >= 0.3 is 6.03 Å². The number of rotatable bonds is 2. The molecule has 4 nitrogen and oxygen atoms in total. The van der Waals surface area contributed by atoms with Gasteiger partial charge in [0.25, 0.3) is 0 Å². The number of nitrogens with zero attached hydrogens (tertiary/aromatic N) is 2. The Labute approximate surface area is 137 Å².